The van der Waals surface area contributed by atoms with Crippen molar-refractivity contribution in [3.63, 3.8) is 0 Å². The van der Waals surface area contributed by atoms with E-state index in [-0.39, 0.29) is 21.7 Å². The van der Waals surface area contributed by atoms with E-state index in [1.54, 1.807) is 17.1 Å². The van der Waals surface area contributed by atoms with Gasteiger partial charge < -0.3 is 11.1 Å². The van der Waals surface area contributed by atoms with Gasteiger partial charge in [-0.1, -0.05) is 0 Å². The summed E-state index contributed by atoms with van der Waals surface area (Å²) in [6, 6.07) is 1.51. The lowest BCUT2D eigenvalue weighted by atomic mass is 10.2. The minimum absolute atomic E-state index is 0.00214. The van der Waals surface area contributed by atoms with E-state index >= 15 is 0 Å². The van der Waals surface area contributed by atoms with Gasteiger partial charge in [-0.15, -0.1) is 11.3 Å². The topological polar surface area (TPSA) is 92.5 Å². The molecule has 2 rings (SSSR count). The fraction of sp³-hybridized carbons (Fsp3) is 0.615. The Bertz CT molecular complexity index is 607. The Morgan fingerprint density at radius 2 is 2.14 bits per heavy atom. The second-order valence-electron chi connectivity index (χ2n) is 5.15. The zero-order valence-corrected chi connectivity index (χ0v) is 14.9. The molecule has 1 aliphatic heterocycles. The van der Waals surface area contributed by atoms with Crippen LogP contribution in [0.1, 0.15) is 23.0 Å². The number of hydrogen-bond acceptors (Lipinski definition) is 6. The Morgan fingerprint density at radius 3 is 2.77 bits per heavy atom. The van der Waals surface area contributed by atoms with E-state index in [4.69, 9.17) is 5.73 Å². The molecule has 0 aromatic carbocycles. The highest BCUT2D eigenvalue weighted by atomic mass is 32.2. The molecule has 6 nitrogen and oxygen atoms in total. The van der Waals surface area contributed by atoms with Gasteiger partial charge in [0.25, 0.3) is 5.91 Å². The van der Waals surface area contributed by atoms with E-state index in [9.17, 15) is 13.2 Å². The van der Waals surface area contributed by atoms with Crippen molar-refractivity contribution >= 4 is 39.0 Å². The number of carbonyl (C=O) groups excluding carboxylic acids is 1. The molecule has 0 radical (unpaired) electrons. The zero-order chi connectivity index (χ0) is 16.2. The fourth-order valence-corrected chi connectivity index (χ4v) is 5.98. The van der Waals surface area contributed by atoms with Crippen LogP contribution < -0.4 is 11.1 Å². The molecule has 2 heterocycles. The van der Waals surface area contributed by atoms with Crippen LogP contribution in [-0.4, -0.2) is 55.8 Å². The predicted octanol–water partition coefficient (Wildman–Crippen LogP) is 0.953. The van der Waals surface area contributed by atoms with Crippen LogP contribution in [0.4, 0.5) is 0 Å². The molecule has 1 saturated heterocycles. The lowest BCUT2D eigenvalue weighted by molar-refractivity contribution is 0.0953. The summed E-state index contributed by atoms with van der Waals surface area (Å²) in [7, 11) is -3.59. The summed E-state index contributed by atoms with van der Waals surface area (Å²) in [5.74, 6) is 1.24. The number of hydrogen-bond donors (Lipinski definition) is 2. The molecule has 0 saturated carbocycles. The van der Waals surface area contributed by atoms with E-state index in [0.29, 0.717) is 26.1 Å². The molecule has 1 unspecified atom stereocenters. The maximum absolute atomic E-state index is 12.7. The minimum atomic E-state index is -3.59. The Labute approximate surface area is 139 Å². The summed E-state index contributed by atoms with van der Waals surface area (Å²) in [5.41, 5.74) is 5.64. The van der Waals surface area contributed by atoms with E-state index in [2.05, 4.69) is 5.32 Å². The second-order valence-corrected chi connectivity index (χ2v) is 9.20. The van der Waals surface area contributed by atoms with Gasteiger partial charge in [-0.2, -0.15) is 16.1 Å². The number of nitrogens with one attached hydrogen (secondary N) is 1. The highest BCUT2D eigenvalue weighted by Crippen LogP contribution is 2.27. The number of sulfonamides is 1. The average molecular weight is 364 g/mol. The number of carbonyl (C=O) groups is 1. The third kappa shape index (κ3) is 4.23. The molecule has 0 aliphatic carbocycles. The molecule has 3 N–H and O–H groups in total. The van der Waals surface area contributed by atoms with Gasteiger partial charge in [-0.3, -0.25) is 4.79 Å². The third-order valence-electron chi connectivity index (χ3n) is 3.31. The van der Waals surface area contributed by atoms with Crippen LogP contribution in [0.15, 0.2) is 16.3 Å². The van der Waals surface area contributed by atoms with Crippen molar-refractivity contribution in [2.45, 2.75) is 24.3 Å². The Kier molecular flexibility index (Phi) is 6.27. The summed E-state index contributed by atoms with van der Waals surface area (Å²) in [4.78, 5) is 12.6. The highest BCUT2D eigenvalue weighted by Gasteiger charge is 2.30. The van der Waals surface area contributed by atoms with E-state index < -0.39 is 10.0 Å². The van der Waals surface area contributed by atoms with E-state index in [0.717, 1.165) is 22.8 Å². The van der Waals surface area contributed by atoms with Gasteiger partial charge in [0, 0.05) is 37.2 Å². The quantitative estimate of drug-likeness (QED) is 0.785. The van der Waals surface area contributed by atoms with Gasteiger partial charge in [0.15, 0.2) is 0 Å². The molecule has 1 amide bonds. The Balaban J connectivity index is 2.12. The van der Waals surface area contributed by atoms with Crippen molar-refractivity contribution in [1.82, 2.24) is 9.62 Å². The van der Waals surface area contributed by atoms with Crippen LogP contribution in [0, 0.1) is 0 Å². The average Bonchev–Trinajstić information content (AvgIpc) is 2.98. The lowest BCUT2D eigenvalue weighted by Gasteiger charge is -2.25. The summed E-state index contributed by atoms with van der Waals surface area (Å²) in [6.07, 6.45) is 0.655. The van der Waals surface area contributed by atoms with Gasteiger partial charge in [0.2, 0.25) is 10.0 Å². The summed E-state index contributed by atoms with van der Waals surface area (Å²) in [5, 5.41) is 4.38. The molecule has 0 bridgehead atoms. The standard InChI is InChI=1S/C13H21N3O3S3/c1-10(14)2-4-15-13(17)12-11(3-7-21-12)22(18,19)16-5-8-20-9-6-16/h3,7,10H,2,4-6,8-9,14H2,1H3,(H,15,17). The largest absolute Gasteiger partial charge is 0.351 e. The minimum Gasteiger partial charge on any atom is -0.351 e. The van der Waals surface area contributed by atoms with Gasteiger partial charge >= 0.3 is 0 Å². The molecule has 1 fully saturated rings. The lowest BCUT2D eigenvalue weighted by Crippen LogP contribution is -2.38. The van der Waals surface area contributed by atoms with Crippen molar-refractivity contribution in [2.75, 3.05) is 31.1 Å². The first kappa shape index (κ1) is 17.7. The fourth-order valence-electron chi connectivity index (χ4n) is 2.09. The Hall–Kier alpha value is -0.610. The summed E-state index contributed by atoms with van der Waals surface area (Å²) in [6.45, 7) is 3.29. The molecule has 1 aromatic heterocycles. The number of thioether (sulfide) groups is 1. The van der Waals surface area contributed by atoms with Crippen molar-refractivity contribution in [3.8, 4) is 0 Å². The first-order valence-corrected chi connectivity index (χ1v) is 10.6. The van der Waals surface area contributed by atoms with Crippen molar-refractivity contribution in [3.05, 3.63) is 16.3 Å². The maximum Gasteiger partial charge on any atom is 0.262 e. The van der Waals surface area contributed by atoms with Crippen LogP contribution >= 0.6 is 23.1 Å². The molecule has 1 aliphatic rings. The second kappa shape index (κ2) is 7.78. The molecule has 9 heteroatoms. The van der Waals surface area contributed by atoms with Gasteiger partial charge in [0.1, 0.15) is 9.77 Å². The molecule has 0 spiro atoms. The number of rotatable bonds is 6. The molecule has 1 atom stereocenters. The van der Waals surface area contributed by atoms with Gasteiger partial charge in [-0.05, 0) is 24.8 Å². The van der Waals surface area contributed by atoms with Crippen molar-refractivity contribution in [1.29, 1.82) is 0 Å². The number of thiophene rings is 1. The summed E-state index contributed by atoms with van der Waals surface area (Å²) < 4.78 is 26.8. The van der Waals surface area contributed by atoms with Gasteiger partial charge in [-0.25, -0.2) is 8.42 Å². The van der Waals surface area contributed by atoms with Crippen LogP contribution in [0.2, 0.25) is 0 Å². The van der Waals surface area contributed by atoms with E-state index in [1.807, 2.05) is 6.92 Å². The molecular weight excluding hydrogens is 342 g/mol. The van der Waals surface area contributed by atoms with Crippen molar-refractivity contribution in [2.24, 2.45) is 5.73 Å². The van der Waals surface area contributed by atoms with E-state index in [1.165, 1.54) is 10.4 Å². The monoisotopic (exact) mass is 363 g/mol. The van der Waals surface area contributed by atoms with Crippen LogP contribution in [-0.2, 0) is 10.0 Å². The van der Waals surface area contributed by atoms with Gasteiger partial charge in [0.05, 0.1) is 0 Å². The molecular formula is C13H21N3O3S3. The normalized spacial score (nSPS) is 18.1. The Morgan fingerprint density at radius 1 is 1.45 bits per heavy atom. The first-order chi connectivity index (χ1) is 10.4. The summed E-state index contributed by atoms with van der Waals surface area (Å²) >= 11 is 2.89. The predicted molar refractivity (Wildman–Crippen MR) is 91.0 cm³/mol. The zero-order valence-electron chi connectivity index (χ0n) is 12.4. The number of amides is 1. The molecule has 124 valence electrons. The first-order valence-electron chi connectivity index (χ1n) is 7.12. The van der Waals surface area contributed by atoms with Crippen LogP contribution in [0.25, 0.3) is 0 Å². The molecule has 1 aromatic rings. The SMILES string of the molecule is CC(N)CCNC(=O)c1sccc1S(=O)(=O)N1CCSCC1. The maximum atomic E-state index is 12.7. The van der Waals surface area contributed by atoms with Crippen molar-refractivity contribution < 1.29 is 13.2 Å². The number of nitrogens with zero attached hydrogens (tertiary/aromatic N) is 1. The molecule has 22 heavy (non-hydrogen) atoms. The van der Waals surface area contributed by atoms with Crippen LogP contribution in [0.5, 0.6) is 0 Å². The highest BCUT2D eigenvalue weighted by molar-refractivity contribution is 7.99. The third-order valence-corrected chi connectivity index (χ3v) is 7.23. The number of nitrogens with two attached hydrogens (primary N) is 1. The van der Waals surface area contributed by atoms with Crippen LogP contribution in [0.3, 0.4) is 0 Å². The smallest absolute Gasteiger partial charge is 0.262 e.